The van der Waals surface area contributed by atoms with Crippen molar-refractivity contribution in [3.05, 3.63) is 0 Å². The summed E-state index contributed by atoms with van der Waals surface area (Å²) in [6.45, 7) is 8.74. The molecule has 0 aromatic rings. The van der Waals surface area contributed by atoms with Crippen LogP contribution in [0.15, 0.2) is 4.99 Å². The maximum Gasteiger partial charge on any atom is 0.239 e. The molecule has 1 atom stereocenters. The van der Waals surface area contributed by atoms with Gasteiger partial charge in [-0.3, -0.25) is 14.7 Å². The molecular formula is C21H40IN5O. The third-order valence-electron chi connectivity index (χ3n) is 6.70. The first-order chi connectivity index (χ1) is 13.2. The van der Waals surface area contributed by atoms with E-state index in [9.17, 15) is 4.79 Å². The summed E-state index contributed by atoms with van der Waals surface area (Å²) in [6.07, 6.45) is 10.7. The van der Waals surface area contributed by atoms with Gasteiger partial charge >= 0.3 is 0 Å². The lowest BCUT2D eigenvalue weighted by molar-refractivity contribution is -0.135. The van der Waals surface area contributed by atoms with Crippen LogP contribution in [0.3, 0.4) is 0 Å². The second kappa shape index (κ2) is 12.2. The van der Waals surface area contributed by atoms with Crippen LogP contribution in [0, 0.1) is 5.92 Å². The number of carbonyl (C=O) groups is 1. The summed E-state index contributed by atoms with van der Waals surface area (Å²) < 4.78 is 0. The van der Waals surface area contributed by atoms with E-state index in [1.807, 2.05) is 11.9 Å². The van der Waals surface area contributed by atoms with Crippen molar-refractivity contribution < 1.29 is 4.79 Å². The molecule has 1 unspecified atom stereocenters. The van der Waals surface area contributed by atoms with Gasteiger partial charge in [-0.15, -0.1) is 24.0 Å². The van der Waals surface area contributed by atoms with Crippen molar-refractivity contribution in [1.82, 2.24) is 20.0 Å². The van der Waals surface area contributed by atoms with Gasteiger partial charge in [-0.2, -0.15) is 0 Å². The monoisotopic (exact) mass is 505 g/mol. The minimum Gasteiger partial charge on any atom is -0.356 e. The molecule has 2 saturated heterocycles. The number of hydrogen-bond donors (Lipinski definition) is 1. The van der Waals surface area contributed by atoms with E-state index < -0.39 is 0 Å². The number of carbonyl (C=O) groups excluding carboxylic acids is 1. The third kappa shape index (κ3) is 6.47. The van der Waals surface area contributed by atoms with E-state index in [1.165, 1.54) is 38.5 Å². The predicted octanol–water partition coefficient (Wildman–Crippen LogP) is 2.78. The first kappa shape index (κ1) is 23.7. The van der Waals surface area contributed by atoms with Gasteiger partial charge in [0.1, 0.15) is 0 Å². The number of piperazine rings is 1. The summed E-state index contributed by atoms with van der Waals surface area (Å²) in [5.41, 5.74) is 0. The molecule has 162 valence electrons. The molecule has 6 nitrogen and oxygen atoms in total. The summed E-state index contributed by atoms with van der Waals surface area (Å²) in [5.74, 6) is 2.31. The number of likely N-dealkylation sites (tertiary alicyclic amines) is 1. The topological polar surface area (TPSA) is 51.2 Å². The Bertz CT molecular complexity index is 495. The van der Waals surface area contributed by atoms with Crippen molar-refractivity contribution >= 4 is 35.8 Å². The highest BCUT2D eigenvalue weighted by atomic mass is 127. The minimum atomic E-state index is 0. The van der Waals surface area contributed by atoms with Crippen molar-refractivity contribution in [2.45, 2.75) is 64.3 Å². The van der Waals surface area contributed by atoms with E-state index in [0.29, 0.717) is 5.91 Å². The van der Waals surface area contributed by atoms with Gasteiger partial charge in [-0.25, -0.2) is 0 Å². The highest BCUT2D eigenvalue weighted by molar-refractivity contribution is 14.0. The van der Waals surface area contributed by atoms with Gasteiger partial charge in [0.25, 0.3) is 0 Å². The molecule has 0 spiro atoms. The standard InChI is InChI=1S/C21H39N5O.HI/c1-18(20(27)25-12-5-6-13-25)24-14-16-26(17-15-24)21(22-2)23-11-7-10-19-8-3-4-9-19;/h18-19H,3-17H2,1-2H3,(H,22,23);1H. The van der Waals surface area contributed by atoms with Crippen LogP contribution in [-0.2, 0) is 4.79 Å². The largest absolute Gasteiger partial charge is 0.356 e. The zero-order chi connectivity index (χ0) is 19.1. The number of rotatable bonds is 6. The lowest BCUT2D eigenvalue weighted by Crippen LogP contribution is -2.57. The van der Waals surface area contributed by atoms with Crippen LogP contribution >= 0.6 is 24.0 Å². The summed E-state index contributed by atoms with van der Waals surface area (Å²) >= 11 is 0. The maximum absolute atomic E-state index is 12.6. The Kier molecular flexibility index (Phi) is 10.3. The molecule has 0 radical (unpaired) electrons. The van der Waals surface area contributed by atoms with Crippen molar-refractivity contribution in [3.63, 3.8) is 0 Å². The van der Waals surface area contributed by atoms with Crippen molar-refractivity contribution in [2.75, 3.05) is 52.9 Å². The molecule has 3 fully saturated rings. The Hall–Kier alpha value is -0.570. The average Bonchev–Trinajstić information content (AvgIpc) is 3.41. The number of aliphatic imine (C=N–C) groups is 1. The normalized spacial score (nSPS) is 23.0. The molecule has 0 aromatic heterocycles. The second-order valence-electron chi connectivity index (χ2n) is 8.50. The lowest BCUT2D eigenvalue weighted by atomic mass is 10.0. The van der Waals surface area contributed by atoms with Crippen LogP contribution in [0.5, 0.6) is 0 Å². The Morgan fingerprint density at radius 2 is 1.64 bits per heavy atom. The van der Waals surface area contributed by atoms with E-state index in [-0.39, 0.29) is 30.0 Å². The Morgan fingerprint density at radius 1 is 1.00 bits per heavy atom. The minimum absolute atomic E-state index is 0. The molecule has 2 heterocycles. The zero-order valence-corrected chi connectivity index (χ0v) is 20.2. The van der Waals surface area contributed by atoms with E-state index in [0.717, 1.165) is 70.5 Å². The first-order valence-electron chi connectivity index (χ1n) is 11.2. The van der Waals surface area contributed by atoms with E-state index in [2.05, 4.69) is 27.0 Å². The molecule has 3 aliphatic rings. The smallest absolute Gasteiger partial charge is 0.239 e. The molecule has 1 aliphatic carbocycles. The molecular weight excluding hydrogens is 465 g/mol. The number of nitrogens with one attached hydrogen (secondary N) is 1. The molecule has 0 aromatic carbocycles. The molecule has 2 aliphatic heterocycles. The first-order valence-corrected chi connectivity index (χ1v) is 11.2. The molecule has 1 N–H and O–H groups in total. The van der Waals surface area contributed by atoms with E-state index in [4.69, 9.17) is 0 Å². The molecule has 3 rings (SSSR count). The molecule has 7 heteroatoms. The van der Waals surface area contributed by atoms with Crippen LogP contribution in [0.1, 0.15) is 58.3 Å². The number of guanidine groups is 1. The van der Waals surface area contributed by atoms with Gasteiger partial charge in [0.2, 0.25) is 5.91 Å². The SMILES string of the molecule is CN=C(NCCCC1CCCC1)N1CCN(C(C)C(=O)N2CCCC2)CC1.I. The van der Waals surface area contributed by atoms with E-state index >= 15 is 0 Å². The van der Waals surface area contributed by atoms with Gasteiger partial charge in [-0.1, -0.05) is 25.7 Å². The quantitative estimate of drug-likeness (QED) is 0.261. The highest BCUT2D eigenvalue weighted by Crippen LogP contribution is 2.28. The summed E-state index contributed by atoms with van der Waals surface area (Å²) in [5, 5.41) is 3.56. The summed E-state index contributed by atoms with van der Waals surface area (Å²) in [4.78, 5) is 23.8. The van der Waals surface area contributed by atoms with E-state index in [1.54, 1.807) is 0 Å². The van der Waals surface area contributed by atoms with Crippen LogP contribution in [0.4, 0.5) is 0 Å². The molecule has 1 amide bonds. The Morgan fingerprint density at radius 3 is 2.25 bits per heavy atom. The van der Waals surface area contributed by atoms with Crippen molar-refractivity contribution in [3.8, 4) is 0 Å². The zero-order valence-electron chi connectivity index (χ0n) is 17.9. The fourth-order valence-corrected chi connectivity index (χ4v) is 4.90. The molecule has 1 saturated carbocycles. The second-order valence-corrected chi connectivity index (χ2v) is 8.50. The van der Waals surface area contributed by atoms with Crippen LogP contribution in [0.2, 0.25) is 0 Å². The fourth-order valence-electron chi connectivity index (χ4n) is 4.90. The van der Waals surface area contributed by atoms with Crippen LogP contribution in [0.25, 0.3) is 0 Å². The highest BCUT2D eigenvalue weighted by Gasteiger charge is 2.30. The van der Waals surface area contributed by atoms with Crippen molar-refractivity contribution in [2.24, 2.45) is 10.9 Å². The number of amides is 1. The molecule has 28 heavy (non-hydrogen) atoms. The Labute approximate surface area is 188 Å². The van der Waals surface area contributed by atoms with Gasteiger partial charge in [0.15, 0.2) is 5.96 Å². The maximum atomic E-state index is 12.6. The van der Waals surface area contributed by atoms with Crippen LogP contribution in [-0.4, -0.2) is 85.5 Å². The van der Waals surface area contributed by atoms with Crippen molar-refractivity contribution in [1.29, 1.82) is 0 Å². The molecule has 0 bridgehead atoms. The average molecular weight is 505 g/mol. The predicted molar refractivity (Wildman–Crippen MR) is 126 cm³/mol. The Balaban J connectivity index is 0.00000280. The fraction of sp³-hybridized carbons (Fsp3) is 0.905. The number of hydrogen-bond acceptors (Lipinski definition) is 3. The van der Waals surface area contributed by atoms with Gasteiger partial charge < -0.3 is 15.1 Å². The van der Waals surface area contributed by atoms with Gasteiger partial charge in [0.05, 0.1) is 6.04 Å². The van der Waals surface area contributed by atoms with Gasteiger partial charge in [0, 0.05) is 52.9 Å². The third-order valence-corrected chi connectivity index (χ3v) is 6.70. The van der Waals surface area contributed by atoms with Gasteiger partial charge in [-0.05, 0) is 38.5 Å². The number of nitrogens with zero attached hydrogens (tertiary/aromatic N) is 4. The number of halogens is 1. The summed E-state index contributed by atoms with van der Waals surface area (Å²) in [6, 6.07) is 0.00614. The van der Waals surface area contributed by atoms with Crippen LogP contribution < -0.4 is 5.32 Å². The summed E-state index contributed by atoms with van der Waals surface area (Å²) in [7, 11) is 1.88. The lowest BCUT2D eigenvalue weighted by Gasteiger charge is -2.39.